The van der Waals surface area contributed by atoms with Crippen LogP contribution >= 0.6 is 15.9 Å². The fourth-order valence-electron chi connectivity index (χ4n) is 2.19. The van der Waals surface area contributed by atoms with E-state index in [9.17, 15) is 0 Å². The van der Waals surface area contributed by atoms with Gasteiger partial charge in [-0.1, -0.05) is 15.9 Å². The Hall–Kier alpha value is -2.61. The molecule has 1 aromatic carbocycles. The Bertz CT molecular complexity index is 772. The predicted octanol–water partition coefficient (Wildman–Crippen LogP) is 3.26. The minimum atomic E-state index is 0.503. The van der Waals surface area contributed by atoms with Crippen molar-refractivity contribution in [1.29, 1.82) is 0 Å². The summed E-state index contributed by atoms with van der Waals surface area (Å²) < 4.78 is 3.05. The molecule has 0 amide bonds. The van der Waals surface area contributed by atoms with Crippen LogP contribution in [0.2, 0.25) is 0 Å². The number of aryl methyl sites for hydroxylation is 1. The molecule has 2 heterocycles. The summed E-state index contributed by atoms with van der Waals surface area (Å²) in [6, 6.07) is 7.80. The molecular formula is C16H18BrN7. The molecule has 7 nitrogen and oxygen atoms in total. The smallest absolute Gasteiger partial charge is 0.159 e. The second kappa shape index (κ2) is 7.78. The van der Waals surface area contributed by atoms with Crippen molar-refractivity contribution in [1.82, 2.24) is 19.5 Å². The lowest BCUT2D eigenvalue weighted by Crippen LogP contribution is -2.10. The van der Waals surface area contributed by atoms with Gasteiger partial charge in [0.25, 0.3) is 0 Å². The molecule has 0 spiro atoms. The predicted molar refractivity (Wildman–Crippen MR) is 99.2 cm³/mol. The molecule has 124 valence electrons. The maximum absolute atomic E-state index is 6.16. The summed E-state index contributed by atoms with van der Waals surface area (Å²) in [6.07, 6.45) is 7.96. The highest BCUT2D eigenvalue weighted by Gasteiger charge is 2.08. The molecule has 24 heavy (non-hydrogen) atoms. The summed E-state index contributed by atoms with van der Waals surface area (Å²) >= 11 is 3.41. The molecule has 0 bridgehead atoms. The van der Waals surface area contributed by atoms with Crippen molar-refractivity contribution < 1.29 is 0 Å². The normalized spacial score (nSPS) is 10.5. The van der Waals surface area contributed by atoms with Crippen LogP contribution in [-0.4, -0.2) is 26.1 Å². The van der Waals surface area contributed by atoms with Crippen molar-refractivity contribution in [2.75, 3.05) is 22.9 Å². The molecule has 2 aromatic heterocycles. The number of nitrogen functional groups attached to an aromatic ring is 1. The number of hydrogen-bond acceptors (Lipinski definition) is 6. The number of anilines is 4. The Morgan fingerprint density at radius 2 is 1.92 bits per heavy atom. The van der Waals surface area contributed by atoms with E-state index in [1.807, 2.05) is 35.0 Å². The Morgan fingerprint density at radius 3 is 2.67 bits per heavy atom. The van der Waals surface area contributed by atoms with E-state index in [0.717, 1.165) is 29.7 Å². The van der Waals surface area contributed by atoms with Crippen molar-refractivity contribution in [3.8, 4) is 0 Å². The summed E-state index contributed by atoms with van der Waals surface area (Å²) in [7, 11) is 0. The van der Waals surface area contributed by atoms with Crippen molar-refractivity contribution >= 4 is 38.9 Å². The van der Waals surface area contributed by atoms with Gasteiger partial charge in [0, 0.05) is 35.6 Å². The lowest BCUT2D eigenvalue weighted by Gasteiger charge is -2.12. The van der Waals surface area contributed by atoms with Gasteiger partial charge in [-0.15, -0.1) is 0 Å². The summed E-state index contributed by atoms with van der Waals surface area (Å²) in [5.41, 5.74) is 7.58. The van der Waals surface area contributed by atoms with Crippen molar-refractivity contribution in [3.05, 3.63) is 53.8 Å². The summed E-state index contributed by atoms with van der Waals surface area (Å²) in [4.78, 5) is 12.5. The highest BCUT2D eigenvalue weighted by Crippen LogP contribution is 2.26. The van der Waals surface area contributed by atoms with Gasteiger partial charge in [0.15, 0.2) is 11.6 Å². The maximum atomic E-state index is 6.16. The summed E-state index contributed by atoms with van der Waals surface area (Å²) in [6.45, 7) is 1.65. The average molecular weight is 388 g/mol. The molecule has 8 heteroatoms. The third kappa shape index (κ3) is 4.23. The van der Waals surface area contributed by atoms with Gasteiger partial charge in [0.1, 0.15) is 12.0 Å². The van der Waals surface area contributed by atoms with Gasteiger partial charge in [0.05, 0.1) is 6.33 Å². The minimum absolute atomic E-state index is 0.503. The number of imidazole rings is 1. The molecule has 0 aliphatic carbocycles. The van der Waals surface area contributed by atoms with Gasteiger partial charge in [-0.05, 0) is 30.7 Å². The molecule has 0 saturated heterocycles. The van der Waals surface area contributed by atoms with Gasteiger partial charge < -0.3 is 20.9 Å². The van der Waals surface area contributed by atoms with Crippen molar-refractivity contribution in [2.24, 2.45) is 0 Å². The number of hydrogen-bond donors (Lipinski definition) is 3. The van der Waals surface area contributed by atoms with Gasteiger partial charge in [-0.3, -0.25) is 0 Å². The molecule has 0 fully saturated rings. The first kappa shape index (κ1) is 16.3. The topological polar surface area (TPSA) is 93.7 Å². The molecule has 0 radical (unpaired) electrons. The highest BCUT2D eigenvalue weighted by molar-refractivity contribution is 9.10. The quantitative estimate of drug-likeness (QED) is 0.538. The SMILES string of the molecule is Nc1c(NCCCn2ccnc2)ncnc1Nc1ccc(Br)cc1. The number of rotatable bonds is 7. The summed E-state index contributed by atoms with van der Waals surface area (Å²) in [5.74, 6) is 1.22. The molecule has 0 unspecified atom stereocenters. The number of nitrogens with one attached hydrogen (secondary N) is 2. The van der Waals surface area contributed by atoms with Crippen LogP contribution in [0, 0.1) is 0 Å². The molecular weight excluding hydrogens is 370 g/mol. The van der Waals surface area contributed by atoms with E-state index < -0.39 is 0 Å². The maximum Gasteiger partial charge on any atom is 0.159 e. The van der Waals surface area contributed by atoms with E-state index in [4.69, 9.17) is 5.73 Å². The monoisotopic (exact) mass is 387 g/mol. The van der Waals surface area contributed by atoms with Crippen molar-refractivity contribution in [2.45, 2.75) is 13.0 Å². The van der Waals surface area contributed by atoms with Gasteiger partial charge >= 0.3 is 0 Å². The zero-order valence-corrected chi connectivity index (χ0v) is 14.6. The zero-order valence-electron chi connectivity index (χ0n) is 13.0. The number of benzene rings is 1. The van der Waals surface area contributed by atoms with Gasteiger partial charge in [-0.25, -0.2) is 15.0 Å². The Balaban J connectivity index is 1.59. The molecule has 3 rings (SSSR count). The van der Waals surface area contributed by atoms with Crippen LogP contribution in [0.1, 0.15) is 6.42 Å². The van der Waals surface area contributed by atoms with E-state index >= 15 is 0 Å². The van der Waals surface area contributed by atoms with Crippen LogP contribution in [0.25, 0.3) is 0 Å². The number of aromatic nitrogens is 4. The van der Waals surface area contributed by atoms with Crippen LogP contribution in [0.5, 0.6) is 0 Å². The first-order valence-electron chi connectivity index (χ1n) is 7.55. The van der Waals surface area contributed by atoms with E-state index in [1.165, 1.54) is 6.33 Å². The average Bonchev–Trinajstić information content (AvgIpc) is 3.10. The molecule has 0 atom stereocenters. The first-order valence-corrected chi connectivity index (χ1v) is 8.34. The van der Waals surface area contributed by atoms with Crippen LogP contribution in [0.15, 0.2) is 53.8 Å². The fraction of sp³-hybridized carbons (Fsp3) is 0.188. The molecule has 0 aliphatic heterocycles. The lowest BCUT2D eigenvalue weighted by molar-refractivity contribution is 0.660. The third-order valence-electron chi connectivity index (χ3n) is 3.44. The van der Waals surface area contributed by atoms with Gasteiger partial charge in [0.2, 0.25) is 0 Å². The highest BCUT2D eigenvalue weighted by atomic mass is 79.9. The van der Waals surface area contributed by atoms with Crippen LogP contribution in [0.3, 0.4) is 0 Å². The minimum Gasteiger partial charge on any atom is -0.393 e. The molecule has 4 N–H and O–H groups in total. The zero-order chi connectivity index (χ0) is 16.8. The Morgan fingerprint density at radius 1 is 1.12 bits per heavy atom. The fourth-order valence-corrected chi connectivity index (χ4v) is 2.46. The van der Waals surface area contributed by atoms with Crippen molar-refractivity contribution in [3.63, 3.8) is 0 Å². The Labute approximate surface area is 148 Å². The Kier molecular flexibility index (Phi) is 5.27. The molecule has 0 aliphatic rings. The standard InChI is InChI=1S/C16H18BrN7/c17-12-2-4-13(5-3-12)23-16-14(18)15(21-10-22-16)20-6-1-8-24-9-7-19-11-24/h2-5,7,9-11H,1,6,8,18H2,(H2,20,21,22,23). The van der Waals surface area contributed by atoms with E-state index in [2.05, 4.69) is 41.5 Å². The molecule has 3 aromatic rings. The van der Waals surface area contributed by atoms with E-state index in [-0.39, 0.29) is 0 Å². The van der Waals surface area contributed by atoms with E-state index in [1.54, 1.807) is 12.5 Å². The largest absolute Gasteiger partial charge is 0.393 e. The van der Waals surface area contributed by atoms with E-state index in [0.29, 0.717) is 17.3 Å². The van der Waals surface area contributed by atoms with Gasteiger partial charge in [-0.2, -0.15) is 0 Å². The number of nitrogens with zero attached hydrogens (tertiary/aromatic N) is 4. The second-order valence-electron chi connectivity index (χ2n) is 5.20. The van der Waals surface area contributed by atoms with Crippen LogP contribution in [0.4, 0.5) is 23.0 Å². The number of halogens is 1. The summed E-state index contributed by atoms with van der Waals surface area (Å²) in [5, 5.41) is 6.46. The number of nitrogens with two attached hydrogens (primary N) is 1. The van der Waals surface area contributed by atoms with Crippen LogP contribution in [-0.2, 0) is 6.54 Å². The lowest BCUT2D eigenvalue weighted by atomic mass is 10.3. The third-order valence-corrected chi connectivity index (χ3v) is 3.96. The first-order chi connectivity index (χ1) is 11.7. The second-order valence-corrected chi connectivity index (χ2v) is 6.11. The molecule has 0 saturated carbocycles. The van der Waals surface area contributed by atoms with Crippen LogP contribution < -0.4 is 16.4 Å².